The van der Waals surface area contributed by atoms with Crippen LogP contribution in [0.3, 0.4) is 0 Å². The summed E-state index contributed by atoms with van der Waals surface area (Å²) >= 11 is 0. The second kappa shape index (κ2) is 6.99. The third kappa shape index (κ3) is 3.21. The summed E-state index contributed by atoms with van der Waals surface area (Å²) in [7, 11) is -3.28. The lowest BCUT2D eigenvalue weighted by Crippen LogP contribution is -2.43. The number of sulfonamides is 1. The Hall–Kier alpha value is -1.79. The van der Waals surface area contributed by atoms with Gasteiger partial charge in [0.15, 0.2) is 0 Å². The number of nitrogens with zero attached hydrogens (tertiary/aromatic N) is 2. The van der Waals surface area contributed by atoms with Crippen molar-refractivity contribution < 1.29 is 13.2 Å². The molecule has 0 N–H and O–H groups in total. The zero-order valence-corrected chi connectivity index (χ0v) is 15.0. The minimum Gasteiger partial charge on any atom is -0.494 e. The van der Waals surface area contributed by atoms with Gasteiger partial charge in [0.2, 0.25) is 10.0 Å². The van der Waals surface area contributed by atoms with E-state index in [9.17, 15) is 8.42 Å². The smallest absolute Gasteiger partial charge is 0.215 e. The number of rotatable bonds is 6. The zero-order chi connectivity index (χ0) is 17.2. The average Bonchev–Trinajstić information content (AvgIpc) is 3.03. The molecule has 2 heterocycles. The predicted octanol–water partition coefficient (Wildman–Crippen LogP) is 3.03. The Bertz CT molecular complexity index is 781. The summed E-state index contributed by atoms with van der Waals surface area (Å²) in [4.78, 5) is 0. The molecule has 5 nitrogen and oxygen atoms in total. The van der Waals surface area contributed by atoms with Crippen molar-refractivity contribution in [2.24, 2.45) is 0 Å². The van der Waals surface area contributed by atoms with Gasteiger partial charge in [0, 0.05) is 25.0 Å². The van der Waals surface area contributed by atoms with Crippen LogP contribution in [0.5, 0.6) is 5.75 Å². The van der Waals surface area contributed by atoms with Crippen LogP contribution in [0.4, 0.5) is 0 Å². The van der Waals surface area contributed by atoms with Crippen LogP contribution in [0, 0.1) is 0 Å². The summed E-state index contributed by atoms with van der Waals surface area (Å²) in [6, 6.07) is 11.5. The van der Waals surface area contributed by atoms with Crippen molar-refractivity contribution in [3.8, 4) is 5.75 Å². The van der Waals surface area contributed by atoms with Crippen LogP contribution in [0.25, 0.3) is 0 Å². The van der Waals surface area contributed by atoms with Crippen molar-refractivity contribution in [2.75, 3.05) is 18.9 Å². The number of aromatic nitrogens is 1. The van der Waals surface area contributed by atoms with Crippen LogP contribution in [-0.4, -0.2) is 36.2 Å². The topological polar surface area (TPSA) is 51.5 Å². The second-order valence-corrected chi connectivity index (χ2v) is 8.00. The molecule has 0 spiro atoms. The normalized spacial score (nSPS) is 18.3. The van der Waals surface area contributed by atoms with E-state index in [1.54, 1.807) is 4.31 Å². The van der Waals surface area contributed by atoms with Crippen molar-refractivity contribution in [1.82, 2.24) is 8.87 Å². The third-order valence-corrected chi connectivity index (χ3v) is 6.35. The maximum Gasteiger partial charge on any atom is 0.215 e. The van der Waals surface area contributed by atoms with Crippen molar-refractivity contribution in [1.29, 1.82) is 0 Å². The zero-order valence-electron chi connectivity index (χ0n) is 14.2. The van der Waals surface area contributed by atoms with E-state index in [1.807, 2.05) is 56.4 Å². The molecular formula is C18H24N2O3S. The molecule has 1 aliphatic heterocycles. The Kier molecular flexibility index (Phi) is 4.96. The summed E-state index contributed by atoms with van der Waals surface area (Å²) in [5, 5.41) is 0. The van der Waals surface area contributed by atoms with Crippen molar-refractivity contribution in [2.45, 2.75) is 32.9 Å². The Morgan fingerprint density at radius 1 is 1.12 bits per heavy atom. The molecule has 1 unspecified atom stereocenters. The highest BCUT2D eigenvalue weighted by atomic mass is 32.2. The van der Waals surface area contributed by atoms with Gasteiger partial charge >= 0.3 is 0 Å². The number of benzene rings is 1. The molecule has 1 atom stereocenters. The molecule has 1 aromatic heterocycles. The molecule has 2 aromatic rings. The van der Waals surface area contributed by atoms with Crippen LogP contribution < -0.4 is 4.74 Å². The SMILES string of the molecule is CCCS(=O)(=O)N1CCn2cccc2C1c1ccc(OCC)cc1. The van der Waals surface area contributed by atoms with Gasteiger partial charge in [-0.3, -0.25) is 0 Å². The molecule has 0 aliphatic carbocycles. The fourth-order valence-corrected chi connectivity index (χ4v) is 4.95. The third-order valence-electron chi connectivity index (χ3n) is 4.32. The number of hydrogen-bond donors (Lipinski definition) is 0. The van der Waals surface area contributed by atoms with Gasteiger partial charge in [-0.2, -0.15) is 4.31 Å². The second-order valence-electron chi connectivity index (χ2n) is 5.96. The summed E-state index contributed by atoms with van der Waals surface area (Å²) in [6.07, 6.45) is 2.64. The molecule has 0 fully saturated rings. The van der Waals surface area contributed by atoms with Gasteiger partial charge < -0.3 is 9.30 Å². The molecule has 6 heteroatoms. The van der Waals surface area contributed by atoms with Gasteiger partial charge in [-0.15, -0.1) is 0 Å². The number of ether oxygens (including phenoxy) is 1. The fourth-order valence-electron chi connectivity index (χ4n) is 3.29. The number of hydrogen-bond acceptors (Lipinski definition) is 3. The van der Waals surface area contributed by atoms with E-state index in [4.69, 9.17) is 4.74 Å². The highest BCUT2D eigenvalue weighted by Crippen LogP contribution is 2.35. The number of fused-ring (bicyclic) bond motifs is 1. The van der Waals surface area contributed by atoms with Crippen molar-refractivity contribution >= 4 is 10.0 Å². The summed E-state index contributed by atoms with van der Waals surface area (Å²) in [5.74, 6) is 0.983. The van der Waals surface area contributed by atoms with E-state index in [2.05, 4.69) is 4.57 Å². The highest BCUT2D eigenvalue weighted by molar-refractivity contribution is 7.89. The van der Waals surface area contributed by atoms with Gasteiger partial charge in [0.1, 0.15) is 5.75 Å². The molecule has 0 amide bonds. The molecule has 3 rings (SSSR count). The maximum absolute atomic E-state index is 12.8. The summed E-state index contributed by atoms with van der Waals surface area (Å²) in [5.41, 5.74) is 1.99. The lowest BCUT2D eigenvalue weighted by molar-refractivity contribution is 0.298. The Balaban J connectivity index is 2.02. The average molecular weight is 348 g/mol. The Morgan fingerprint density at radius 2 is 1.88 bits per heavy atom. The lowest BCUT2D eigenvalue weighted by Gasteiger charge is -2.36. The van der Waals surface area contributed by atoms with E-state index in [1.165, 1.54) is 0 Å². The predicted molar refractivity (Wildman–Crippen MR) is 94.7 cm³/mol. The first-order chi connectivity index (χ1) is 11.6. The molecule has 24 heavy (non-hydrogen) atoms. The van der Waals surface area contributed by atoms with E-state index in [-0.39, 0.29) is 11.8 Å². The molecule has 0 saturated heterocycles. The standard InChI is InChI=1S/C18H24N2O3S/c1-3-14-24(21,22)20-13-12-19-11-5-6-17(19)18(20)15-7-9-16(10-8-15)23-4-2/h5-11,18H,3-4,12-14H2,1-2H3. The maximum atomic E-state index is 12.8. The van der Waals surface area contributed by atoms with E-state index in [0.29, 0.717) is 26.1 Å². The highest BCUT2D eigenvalue weighted by Gasteiger charge is 2.36. The molecule has 1 aliphatic rings. The summed E-state index contributed by atoms with van der Waals surface area (Å²) < 4.78 is 34.8. The Labute approximate surface area is 143 Å². The Morgan fingerprint density at radius 3 is 2.54 bits per heavy atom. The van der Waals surface area contributed by atoms with Crippen LogP contribution in [0.2, 0.25) is 0 Å². The first-order valence-electron chi connectivity index (χ1n) is 8.44. The van der Waals surface area contributed by atoms with E-state index >= 15 is 0 Å². The van der Waals surface area contributed by atoms with Gasteiger partial charge in [-0.25, -0.2) is 8.42 Å². The van der Waals surface area contributed by atoms with Gasteiger partial charge in [0.25, 0.3) is 0 Å². The molecular weight excluding hydrogens is 324 g/mol. The van der Waals surface area contributed by atoms with Crippen molar-refractivity contribution in [3.63, 3.8) is 0 Å². The largest absolute Gasteiger partial charge is 0.494 e. The molecule has 130 valence electrons. The molecule has 1 aromatic carbocycles. The van der Waals surface area contributed by atoms with E-state index < -0.39 is 10.0 Å². The monoisotopic (exact) mass is 348 g/mol. The lowest BCUT2D eigenvalue weighted by atomic mass is 10.0. The van der Waals surface area contributed by atoms with Gasteiger partial charge in [-0.1, -0.05) is 19.1 Å². The first-order valence-corrected chi connectivity index (χ1v) is 10.0. The van der Waals surface area contributed by atoms with Crippen LogP contribution >= 0.6 is 0 Å². The van der Waals surface area contributed by atoms with Crippen LogP contribution in [0.1, 0.15) is 37.6 Å². The van der Waals surface area contributed by atoms with Crippen molar-refractivity contribution in [3.05, 3.63) is 53.9 Å². The fraction of sp³-hybridized carbons (Fsp3) is 0.444. The molecule has 0 radical (unpaired) electrons. The first kappa shape index (κ1) is 17.0. The van der Waals surface area contributed by atoms with Crippen LogP contribution in [-0.2, 0) is 16.6 Å². The molecule has 0 bridgehead atoms. The van der Waals surface area contributed by atoms with Gasteiger partial charge in [0.05, 0.1) is 18.4 Å². The van der Waals surface area contributed by atoms with E-state index in [0.717, 1.165) is 17.0 Å². The van der Waals surface area contributed by atoms with Crippen LogP contribution in [0.15, 0.2) is 42.6 Å². The quantitative estimate of drug-likeness (QED) is 0.806. The molecule has 0 saturated carbocycles. The summed E-state index contributed by atoms with van der Waals surface area (Å²) in [6.45, 7) is 5.65. The van der Waals surface area contributed by atoms with Gasteiger partial charge in [-0.05, 0) is 43.2 Å². The minimum absolute atomic E-state index is 0.182. The minimum atomic E-state index is -3.28.